The number of fused-ring (bicyclic) bond motifs is 1. The summed E-state index contributed by atoms with van der Waals surface area (Å²) < 4.78 is 43.2. The molecule has 0 fully saturated rings. The van der Waals surface area contributed by atoms with Gasteiger partial charge in [0.15, 0.2) is 16.4 Å². The van der Waals surface area contributed by atoms with E-state index in [1.165, 1.54) is 30.3 Å². The van der Waals surface area contributed by atoms with E-state index in [9.17, 15) is 22.4 Å². The monoisotopic (exact) mass is 412 g/mol. The maximum absolute atomic E-state index is 13.1. The molecule has 2 amide bonds. The fraction of sp³-hybridized carbons (Fsp3) is 0.176. The Kier molecular flexibility index (Phi) is 5.33. The second-order valence-corrected chi connectivity index (χ2v) is 8.26. The van der Waals surface area contributed by atoms with E-state index in [0.717, 1.165) is 6.07 Å². The van der Waals surface area contributed by atoms with Crippen molar-refractivity contribution in [3.8, 4) is 5.75 Å². The molecular formula is C17H14ClFN2O5S. The zero-order valence-corrected chi connectivity index (χ0v) is 15.4. The van der Waals surface area contributed by atoms with Crippen molar-refractivity contribution < 1.29 is 27.1 Å². The van der Waals surface area contributed by atoms with Crippen LogP contribution in [0, 0.1) is 5.82 Å². The standard InChI is InChI=1S/C17H14ClFN2O5S/c18-12-7-10(1-3-13(12)19)20-16(22)5-6-27(24,25)11-2-4-15-14(8-11)21-17(23)9-26-15/h1-4,7-8H,5-6,9H2,(H,20,22)(H,21,23). The molecule has 142 valence electrons. The Morgan fingerprint density at radius 2 is 2.04 bits per heavy atom. The number of carbonyl (C=O) groups is 2. The molecule has 1 aliphatic heterocycles. The Hall–Kier alpha value is -2.65. The number of sulfone groups is 1. The van der Waals surface area contributed by atoms with Gasteiger partial charge in [0, 0.05) is 12.1 Å². The Morgan fingerprint density at radius 3 is 2.78 bits per heavy atom. The van der Waals surface area contributed by atoms with Crippen LogP contribution in [0.1, 0.15) is 6.42 Å². The third kappa shape index (κ3) is 4.55. The number of nitrogens with one attached hydrogen (secondary N) is 2. The summed E-state index contributed by atoms with van der Waals surface area (Å²) in [5.41, 5.74) is 0.523. The number of halogens is 2. The van der Waals surface area contributed by atoms with E-state index in [4.69, 9.17) is 16.3 Å². The van der Waals surface area contributed by atoms with E-state index < -0.39 is 27.3 Å². The molecule has 3 rings (SSSR count). The van der Waals surface area contributed by atoms with Crippen molar-refractivity contribution in [3.05, 3.63) is 47.2 Å². The molecule has 0 atom stereocenters. The zero-order valence-electron chi connectivity index (χ0n) is 13.8. The van der Waals surface area contributed by atoms with Gasteiger partial charge in [0.05, 0.1) is 21.4 Å². The number of hydrogen-bond donors (Lipinski definition) is 2. The largest absolute Gasteiger partial charge is 0.482 e. The van der Waals surface area contributed by atoms with Gasteiger partial charge in [-0.2, -0.15) is 0 Å². The van der Waals surface area contributed by atoms with Crippen LogP contribution in [0.15, 0.2) is 41.3 Å². The highest BCUT2D eigenvalue weighted by molar-refractivity contribution is 7.91. The van der Waals surface area contributed by atoms with Crippen LogP contribution in [-0.4, -0.2) is 32.6 Å². The van der Waals surface area contributed by atoms with Crippen molar-refractivity contribution in [2.24, 2.45) is 0 Å². The summed E-state index contributed by atoms with van der Waals surface area (Å²) in [6.45, 7) is -0.132. The Balaban J connectivity index is 1.66. The lowest BCUT2D eigenvalue weighted by atomic mass is 10.2. The van der Waals surface area contributed by atoms with Gasteiger partial charge >= 0.3 is 0 Å². The lowest BCUT2D eigenvalue weighted by Crippen LogP contribution is -2.25. The molecule has 0 radical (unpaired) electrons. The lowest BCUT2D eigenvalue weighted by Gasteiger charge is -2.18. The number of anilines is 2. The number of amides is 2. The molecule has 7 nitrogen and oxygen atoms in total. The van der Waals surface area contributed by atoms with Crippen molar-refractivity contribution in [1.82, 2.24) is 0 Å². The molecule has 2 aromatic rings. The minimum absolute atomic E-state index is 0.0373. The van der Waals surface area contributed by atoms with Crippen LogP contribution < -0.4 is 15.4 Å². The smallest absolute Gasteiger partial charge is 0.262 e. The van der Waals surface area contributed by atoms with Crippen LogP contribution in [0.25, 0.3) is 0 Å². The third-order valence-corrected chi connectivity index (χ3v) is 5.75. The molecule has 2 N–H and O–H groups in total. The SMILES string of the molecule is O=C(CCS(=O)(=O)c1ccc2c(c1)NC(=O)CO2)Nc1ccc(F)c(Cl)c1. The summed E-state index contributed by atoms with van der Waals surface area (Å²) in [6.07, 6.45) is -0.308. The van der Waals surface area contributed by atoms with E-state index in [2.05, 4.69) is 10.6 Å². The number of ether oxygens (including phenoxy) is 1. The molecule has 0 saturated carbocycles. The Morgan fingerprint density at radius 1 is 1.26 bits per heavy atom. The fourth-order valence-corrected chi connectivity index (χ4v) is 3.84. The number of carbonyl (C=O) groups excluding carboxylic acids is 2. The highest BCUT2D eigenvalue weighted by atomic mass is 35.5. The first-order valence-electron chi connectivity index (χ1n) is 7.79. The molecule has 1 aliphatic rings. The van der Waals surface area contributed by atoms with Gasteiger partial charge in [-0.25, -0.2) is 12.8 Å². The second-order valence-electron chi connectivity index (χ2n) is 5.74. The zero-order chi connectivity index (χ0) is 19.6. The van der Waals surface area contributed by atoms with Gasteiger partial charge in [-0.05, 0) is 36.4 Å². The van der Waals surface area contributed by atoms with Gasteiger partial charge in [-0.15, -0.1) is 0 Å². The highest BCUT2D eigenvalue weighted by Gasteiger charge is 2.22. The molecule has 0 aliphatic carbocycles. The number of benzene rings is 2. The summed E-state index contributed by atoms with van der Waals surface area (Å²) in [7, 11) is -3.77. The summed E-state index contributed by atoms with van der Waals surface area (Å²) in [5.74, 6) is -1.63. The van der Waals surface area contributed by atoms with Crippen molar-refractivity contribution in [2.45, 2.75) is 11.3 Å². The third-order valence-electron chi connectivity index (χ3n) is 3.74. The molecule has 27 heavy (non-hydrogen) atoms. The van der Waals surface area contributed by atoms with Crippen LogP contribution in [-0.2, 0) is 19.4 Å². The van der Waals surface area contributed by atoms with Gasteiger partial charge in [-0.3, -0.25) is 9.59 Å². The van der Waals surface area contributed by atoms with Crippen molar-refractivity contribution >= 4 is 44.6 Å². The quantitative estimate of drug-likeness (QED) is 0.786. The summed E-state index contributed by atoms with van der Waals surface area (Å²) in [4.78, 5) is 23.3. The molecule has 10 heteroatoms. The predicted molar refractivity (Wildman–Crippen MR) is 97.3 cm³/mol. The van der Waals surface area contributed by atoms with Crippen LogP contribution in [0.2, 0.25) is 5.02 Å². The van der Waals surface area contributed by atoms with E-state index >= 15 is 0 Å². The van der Waals surface area contributed by atoms with E-state index in [-0.39, 0.29) is 40.2 Å². The maximum atomic E-state index is 13.1. The first-order chi connectivity index (χ1) is 12.7. The first-order valence-corrected chi connectivity index (χ1v) is 9.82. The van der Waals surface area contributed by atoms with Gasteiger partial charge < -0.3 is 15.4 Å². The van der Waals surface area contributed by atoms with E-state index in [0.29, 0.717) is 5.75 Å². The summed E-state index contributed by atoms with van der Waals surface area (Å²) in [5, 5.41) is 4.83. The van der Waals surface area contributed by atoms with Crippen LogP contribution in [0.4, 0.5) is 15.8 Å². The van der Waals surface area contributed by atoms with E-state index in [1.54, 1.807) is 0 Å². The van der Waals surface area contributed by atoms with Gasteiger partial charge in [0.1, 0.15) is 11.6 Å². The lowest BCUT2D eigenvalue weighted by molar-refractivity contribution is -0.118. The normalized spacial score (nSPS) is 13.3. The van der Waals surface area contributed by atoms with Crippen molar-refractivity contribution in [3.63, 3.8) is 0 Å². The molecule has 2 aromatic carbocycles. The van der Waals surface area contributed by atoms with Gasteiger partial charge in [0.2, 0.25) is 5.91 Å². The summed E-state index contributed by atoms with van der Waals surface area (Å²) in [6, 6.07) is 7.73. The predicted octanol–water partition coefficient (Wildman–Crippen LogP) is 2.61. The highest BCUT2D eigenvalue weighted by Crippen LogP contribution is 2.30. The van der Waals surface area contributed by atoms with Gasteiger partial charge in [-0.1, -0.05) is 11.6 Å². The molecule has 0 aromatic heterocycles. The second kappa shape index (κ2) is 7.53. The van der Waals surface area contributed by atoms with Crippen LogP contribution in [0.3, 0.4) is 0 Å². The average molecular weight is 413 g/mol. The van der Waals surface area contributed by atoms with Crippen LogP contribution in [0.5, 0.6) is 5.75 Å². The Bertz CT molecular complexity index is 1030. The first kappa shape index (κ1) is 19.1. The molecular weight excluding hydrogens is 399 g/mol. The minimum atomic E-state index is -3.77. The van der Waals surface area contributed by atoms with Crippen molar-refractivity contribution in [1.29, 1.82) is 0 Å². The summed E-state index contributed by atoms with van der Waals surface area (Å²) >= 11 is 5.63. The van der Waals surface area contributed by atoms with E-state index in [1.807, 2.05) is 0 Å². The molecule has 0 spiro atoms. The number of hydrogen-bond acceptors (Lipinski definition) is 5. The Labute approximate surface area is 159 Å². The molecule has 1 heterocycles. The topological polar surface area (TPSA) is 102 Å². The van der Waals surface area contributed by atoms with Crippen LogP contribution >= 0.6 is 11.6 Å². The molecule has 0 bridgehead atoms. The number of rotatable bonds is 5. The maximum Gasteiger partial charge on any atom is 0.262 e. The average Bonchev–Trinajstić information content (AvgIpc) is 2.62. The van der Waals surface area contributed by atoms with Gasteiger partial charge in [0.25, 0.3) is 5.91 Å². The molecule has 0 unspecified atom stereocenters. The van der Waals surface area contributed by atoms with Crippen molar-refractivity contribution in [2.75, 3.05) is 23.0 Å². The minimum Gasteiger partial charge on any atom is -0.482 e. The molecule has 0 saturated heterocycles. The fourth-order valence-electron chi connectivity index (χ4n) is 2.40.